The van der Waals surface area contributed by atoms with Gasteiger partial charge in [0.2, 0.25) is 5.89 Å². The molecule has 0 radical (unpaired) electrons. The molecule has 140 valence electrons. The maximum atomic E-state index is 6.38. The molecule has 5 nitrogen and oxygen atoms in total. The third-order valence-electron chi connectivity index (χ3n) is 5.01. The Morgan fingerprint density at radius 3 is 2.59 bits per heavy atom. The number of fused-ring (bicyclic) bond motifs is 2. The van der Waals surface area contributed by atoms with Gasteiger partial charge in [0.15, 0.2) is 5.58 Å². The van der Waals surface area contributed by atoms with Crippen LogP contribution in [0.25, 0.3) is 22.7 Å². The van der Waals surface area contributed by atoms with Crippen LogP contribution in [0.1, 0.15) is 37.8 Å². The largest absolute Gasteiger partial charge is 0.436 e. The lowest BCUT2D eigenvalue weighted by atomic mass is 9.87. The molecule has 0 saturated heterocycles. The van der Waals surface area contributed by atoms with E-state index in [9.17, 15) is 0 Å². The summed E-state index contributed by atoms with van der Waals surface area (Å²) >= 11 is 0. The van der Waals surface area contributed by atoms with Crippen LogP contribution in [0.3, 0.4) is 0 Å². The second-order valence-electron chi connectivity index (χ2n) is 8.34. The van der Waals surface area contributed by atoms with Crippen molar-refractivity contribution >= 4 is 34.1 Å². The summed E-state index contributed by atoms with van der Waals surface area (Å²) < 4.78 is 6.01. The lowest BCUT2D eigenvalue weighted by Gasteiger charge is -2.25. The summed E-state index contributed by atoms with van der Waals surface area (Å²) in [5.41, 5.74) is 13.4. The number of benzene rings is 2. The highest BCUT2D eigenvalue weighted by Crippen LogP contribution is 2.34. The van der Waals surface area contributed by atoms with Crippen LogP contribution in [0, 0.1) is 0 Å². The highest BCUT2D eigenvalue weighted by molar-refractivity contribution is 5.92. The highest BCUT2D eigenvalue weighted by Gasteiger charge is 2.24. The normalized spacial score (nSPS) is 16.7. The number of hydrogen-bond acceptors (Lipinski definition) is 5. The summed E-state index contributed by atoms with van der Waals surface area (Å²) in [5.74, 6) is 0.568. The summed E-state index contributed by atoms with van der Waals surface area (Å²) in [6, 6.07) is 12.5. The van der Waals surface area contributed by atoms with E-state index >= 15 is 0 Å². The van der Waals surface area contributed by atoms with E-state index in [2.05, 4.69) is 67.4 Å². The summed E-state index contributed by atoms with van der Waals surface area (Å²) in [6.45, 7) is 6.58. The average molecular weight is 362 g/mol. The first kappa shape index (κ1) is 17.6. The molecule has 1 aromatic heterocycles. The Balaban J connectivity index is 1.76. The molecule has 0 spiro atoms. The number of hydrogen-bond donors (Lipinski definition) is 2. The van der Waals surface area contributed by atoms with Crippen LogP contribution in [-0.2, 0) is 5.41 Å². The Morgan fingerprint density at radius 2 is 1.89 bits per heavy atom. The third-order valence-corrected chi connectivity index (χ3v) is 5.01. The number of anilines is 2. The van der Waals surface area contributed by atoms with Gasteiger partial charge in [0.05, 0.1) is 5.57 Å². The predicted octanol–water partition coefficient (Wildman–Crippen LogP) is 4.44. The number of nitrogens with zero attached hydrogens (tertiary/aromatic N) is 2. The van der Waals surface area contributed by atoms with Crippen molar-refractivity contribution in [3.05, 3.63) is 53.4 Å². The van der Waals surface area contributed by atoms with Gasteiger partial charge in [-0.25, -0.2) is 4.98 Å². The minimum atomic E-state index is -0.370. The number of nitrogens with one attached hydrogen (secondary N) is 1. The smallest absolute Gasteiger partial charge is 0.226 e. The van der Waals surface area contributed by atoms with E-state index in [-0.39, 0.29) is 11.6 Å². The molecule has 0 aliphatic carbocycles. The minimum absolute atomic E-state index is 0.0679. The lowest BCUT2D eigenvalue weighted by Crippen LogP contribution is -2.33. The zero-order valence-corrected chi connectivity index (χ0v) is 16.5. The second kappa shape index (κ2) is 6.13. The van der Waals surface area contributed by atoms with Gasteiger partial charge in [-0.15, -0.1) is 0 Å². The molecule has 1 aliphatic rings. The van der Waals surface area contributed by atoms with E-state index in [1.54, 1.807) is 0 Å². The molecule has 4 rings (SSSR count). The minimum Gasteiger partial charge on any atom is -0.436 e. The number of nitrogens with two attached hydrogens (primary N) is 1. The van der Waals surface area contributed by atoms with Crippen molar-refractivity contribution in [2.45, 2.75) is 32.4 Å². The van der Waals surface area contributed by atoms with Crippen LogP contribution in [0.4, 0.5) is 11.4 Å². The Kier molecular flexibility index (Phi) is 4.00. The first-order valence-corrected chi connectivity index (χ1v) is 9.19. The fourth-order valence-electron chi connectivity index (χ4n) is 3.29. The molecular formula is C22H26N4O. The molecule has 0 fully saturated rings. The van der Waals surface area contributed by atoms with E-state index in [1.165, 1.54) is 5.56 Å². The van der Waals surface area contributed by atoms with Gasteiger partial charge in [0.1, 0.15) is 11.7 Å². The monoisotopic (exact) mass is 362 g/mol. The molecule has 3 aromatic rings. The van der Waals surface area contributed by atoms with Crippen molar-refractivity contribution in [2.24, 2.45) is 5.73 Å². The fraction of sp³-hybridized carbons (Fsp3) is 0.318. The number of rotatable bonds is 2. The van der Waals surface area contributed by atoms with Crippen LogP contribution in [-0.4, -0.2) is 25.2 Å². The molecule has 0 bridgehead atoms. The Morgan fingerprint density at radius 1 is 1.11 bits per heavy atom. The third kappa shape index (κ3) is 3.19. The fourth-order valence-corrected chi connectivity index (χ4v) is 3.29. The molecule has 5 heteroatoms. The van der Waals surface area contributed by atoms with Gasteiger partial charge in [-0.05, 0) is 46.9 Å². The van der Waals surface area contributed by atoms with Crippen molar-refractivity contribution in [3.8, 4) is 0 Å². The maximum Gasteiger partial charge on any atom is 0.226 e. The van der Waals surface area contributed by atoms with Crippen molar-refractivity contribution in [1.82, 2.24) is 4.98 Å². The average Bonchev–Trinajstić information content (AvgIpc) is 3.02. The topological polar surface area (TPSA) is 67.3 Å². The summed E-state index contributed by atoms with van der Waals surface area (Å²) in [4.78, 5) is 6.79. The maximum absolute atomic E-state index is 6.38. The molecule has 27 heavy (non-hydrogen) atoms. The zero-order valence-electron chi connectivity index (χ0n) is 16.5. The lowest BCUT2D eigenvalue weighted by molar-refractivity contribution is 0.577. The van der Waals surface area contributed by atoms with Crippen LogP contribution in [0.15, 0.2) is 40.8 Å². The van der Waals surface area contributed by atoms with Crippen LogP contribution in [0.2, 0.25) is 0 Å². The molecule has 1 atom stereocenters. The van der Waals surface area contributed by atoms with Crippen molar-refractivity contribution in [1.29, 1.82) is 0 Å². The SMILES string of the molecule is CN(C)c1ccc2c(c1)NC(N)C(c1nc3cc(C(C)(C)C)ccc3o1)=C2. The van der Waals surface area contributed by atoms with E-state index in [4.69, 9.17) is 15.1 Å². The van der Waals surface area contributed by atoms with Crippen molar-refractivity contribution in [2.75, 3.05) is 24.3 Å². The van der Waals surface area contributed by atoms with Crippen LogP contribution in [0.5, 0.6) is 0 Å². The summed E-state index contributed by atoms with van der Waals surface area (Å²) in [5, 5.41) is 3.37. The first-order chi connectivity index (χ1) is 12.7. The Hall–Kier alpha value is -2.79. The molecule has 0 saturated carbocycles. The molecule has 1 aliphatic heterocycles. The van der Waals surface area contributed by atoms with Gasteiger partial charge in [-0.2, -0.15) is 0 Å². The van der Waals surface area contributed by atoms with Gasteiger partial charge in [0, 0.05) is 25.5 Å². The molecule has 1 unspecified atom stereocenters. The molecule has 2 aromatic carbocycles. The standard InChI is InChI=1S/C22H26N4O/c1-22(2,3)14-7-9-19-18(11-14)25-21(27-19)16-10-13-6-8-15(26(4)5)12-17(13)24-20(16)23/h6-12,20,24H,23H2,1-5H3. The van der Waals surface area contributed by atoms with Crippen LogP contribution < -0.4 is 16.0 Å². The van der Waals surface area contributed by atoms with Crippen molar-refractivity contribution < 1.29 is 4.42 Å². The molecular weight excluding hydrogens is 336 g/mol. The van der Waals surface area contributed by atoms with E-state index in [0.717, 1.165) is 33.6 Å². The number of aromatic nitrogens is 1. The predicted molar refractivity (Wildman–Crippen MR) is 113 cm³/mol. The first-order valence-electron chi connectivity index (χ1n) is 9.19. The molecule has 3 N–H and O–H groups in total. The number of oxazole rings is 1. The van der Waals surface area contributed by atoms with Crippen molar-refractivity contribution in [3.63, 3.8) is 0 Å². The molecule has 2 heterocycles. The van der Waals surface area contributed by atoms with Gasteiger partial charge >= 0.3 is 0 Å². The van der Waals surface area contributed by atoms with E-state index in [1.807, 2.05) is 20.2 Å². The zero-order chi connectivity index (χ0) is 19.3. The van der Waals surface area contributed by atoms with Crippen LogP contribution >= 0.6 is 0 Å². The Bertz CT molecular complexity index is 1040. The van der Waals surface area contributed by atoms with E-state index < -0.39 is 0 Å². The highest BCUT2D eigenvalue weighted by atomic mass is 16.3. The Labute approximate surface area is 159 Å². The van der Waals surface area contributed by atoms with E-state index in [0.29, 0.717) is 5.89 Å². The van der Waals surface area contributed by atoms with Gasteiger partial charge in [-0.1, -0.05) is 32.9 Å². The van der Waals surface area contributed by atoms with Gasteiger partial charge in [0.25, 0.3) is 0 Å². The summed E-state index contributed by atoms with van der Waals surface area (Å²) in [6.07, 6.45) is 1.69. The quantitative estimate of drug-likeness (QED) is 0.705. The second-order valence-corrected chi connectivity index (χ2v) is 8.34. The summed E-state index contributed by atoms with van der Waals surface area (Å²) in [7, 11) is 4.05. The molecule has 0 amide bonds. The van der Waals surface area contributed by atoms with Gasteiger partial charge < -0.3 is 20.4 Å². The van der Waals surface area contributed by atoms with Gasteiger partial charge in [-0.3, -0.25) is 0 Å².